The first-order valence-electron chi connectivity index (χ1n) is 8.69. The Labute approximate surface area is 167 Å². The molecule has 0 bridgehead atoms. The normalized spacial score (nSPS) is 11.1. The third-order valence-corrected chi connectivity index (χ3v) is 5.79. The molecule has 4 aromatic rings. The van der Waals surface area contributed by atoms with Crippen LogP contribution in [0, 0.1) is 5.39 Å². The fourth-order valence-corrected chi connectivity index (χ4v) is 4.26. The molecule has 0 atom stereocenters. The van der Waals surface area contributed by atoms with Crippen LogP contribution < -0.4 is 4.18 Å². The molecule has 7 heteroatoms. The topological polar surface area (TPSA) is 91.8 Å². The fraction of sp³-hybridized carbons (Fsp3) is 0. The van der Waals surface area contributed by atoms with E-state index in [4.69, 9.17) is 9.58 Å². The van der Waals surface area contributed by atoms with Crippen LogP contribution in [0.4, 0.5) is 5.69 Å². The van der Waals surface area contributed by atoms with Gasteiger partial charge in [0.15, 0.2) is 4.98 Å². The van der Waals surface area contributed by atoms with Crippen molar-refractivity contribution in [3.8, 4) is 22.6 Å². The minimum absolute atomic E-state index is 0.143. The molecule has 1 N–H and O–H groups in total. The SMILES string of the molecule is N#[N+]c1cc(S(=O)(=O)Oc2ccc(-c3ccccc3)cc2)c2ccccc2c1O. The lowest BCUT2D eigenvalue weighted by Gasteiger charge is -2.10. The Morgan fingerprint density at radius 3 is 2.03 bits per heavy atom. The molecule has 0 heterocycles. The molecular weight excluding hydrogens is 388 g/mol. The highest BCUT2D eigenvalue weighted by Gasteiger charge is 2.28. The summed E-state index contributed by atoms with van der Waals surface area (Å²) in [6.07, 6.45) is 0. The molecule has 0 spiro atoms. The van der Waals surface area contributed by atoms with E-state index >= 15 is 0 Å². The van der Waals surface area contributed by atoms with Crippen molar-refractivity contribution in [2.24, 2.45) is 0 Å². The van der Waals surface area contributed by atoms with Crippen LogP contribution in [0.1, 0.15) is 0 Å². The average molecular weight is 403 g/mol. The smallest absolute Gasteiger partial charge is 0.428 e. The molecule has 0 aliphatic rings. The summed E-state index contributed by atoms with van der Waals surface area (Å²) in [6, 6.07) is 23.8. The maximum absolute atomic E-state index is 12.9. The van der Waals surface area contributed by atoms with E-state index in [1.54, 1.807) is 42.5 Å². The van der Waals surface area contributed by atoms with Gasteiger partial charge in [-0.25, -0.2) is 0 Å². The lowest BCUT2D eigenvalue weighted by atomic mass is 10.1. The van der Waals surface area contributed by atoms with Crippen LogP contribution in [0.5, 0.6) is 11.5 Å². The molecule has 6 nitrogen and oxygen atoms in total. The summed E-state index contributed by atoms with van der Waals surface area (Å²) in [7, 11) is -4.25. The predicted molar refractivity (Wildman–Crippen MR) is 110 cm³/mol. The summed E-state index contributed by atoms with van der Waals surface area (Å²) in [4.78, 5) is 2.77. The zero-order valence-corrected chi connectivity index (χ0v) is 15.9. The maximum atomic E-state index is 12.9. The van der Waals surface area contributed by atoms with Crippen LogP contribution in [-0.2, 0) is 10.1 Å². The van der Waals surface area contributed by atoms with E-state index in [1.165, 1.54) is 6.07 Å². The molecule has 142 valence electrons. The first-order chi connectivity index (χ1) is 14.0. The van der Waals surface area contributed by atoms with Gasteiger partial charge in [-0.3, -0.25) is 0 Å². The van der Waals surface area contributed by atoms with Gasteiger partial charge >= 0.3 is 15.8 Å². The van der Waals surface area contributed by atoms with E-state index in [1.807, 2.05) is 30.3 Å². The average Bonchev–Trinajstić information content (AvgIpc) is 2.75. The van der Waals surface area contributed by atoms with Crippen LogP contribution >= 0.6 is 0 Å². The first kappa shape index (κ1) is 18.5. The molecule has 0 unspecified atom stereocenters. The van der Waals surface area contributed by atoms with Gasteiger partial charge < -0.3 is 9.29 Å². The van der Waals surface area contributed by atoms with E-state index in [-0.39, 0.29) is 32.9 Å². The van der Waals surface area contributed by atoms with Crippen LogP contribution in [0.15, 0.2) is 89.8 Å². The van der Waals surface area contributed by atoms with Gasteiger partial charge in [-0.15, -0.1) is 0 Å². The summed E-state index contributed by atoms with van der Waals surface area (Å²) >= 11 is 0. The summed E-state index contributed by atoms with van der Waals surface area (Å²) in [5.74, 6) is -0.168. The predicted octanol–water partition coefficient (Wildman–Crippen LogP) is 5.46. The second-order valence-electron chi connectivity index (χ2n) is 6.32. The lowest BCUT2D eigenvalue weighted by molar-refractivity contribution is 0.482. The second-order valence-corrected chi connectivity index (χ2v) is 7.83. The number of hydrogen-bond donors (Lipinski definition) is 1. The standard InChI is InChI=1S/C22H14N2O4S/c23-24-20-14-21(18-8-4-5-9-19(18)22(20)25)29(26,27)28-17-12-10-16(11-13-17)15-6-2-1-3-7-15/h1-14H/p+1. The quantitative estimate of drug-likeness (QED) is 0.361. The van der Waals surface area contributed by atoms with Crippen LogP contribution in [0.3, 0.4) is 0 Å². The molecule has 0 aromatic heterocycles. The number of diazo groups is 1. The second kappa shape index (κ2) is 7.26. The Morgan fingerprint density at radius 1 is 0.793 bits per heavy atom. The van der Waals surface area contributed by atoms with Gasteiger partial charge in [0, 0.05) is 10.8 Å². The monoisotopic (exact) mass is 403 g/mol. The summed E-state index contributed by atoms with van der Waals surface area (Å²) in [6.45, 7) is 0. The van der Waals surface area contributed by atoms with Crippen molar-refractivity contribution in [1.82, 2.24) is 0 Å². The van der Waals surface area contributed by atoms with Crippen molar-refractivity contribution in [3.63, 3.8) is 0 Å². The molecule has 4 rings (SSSR count). The molecule has 0 amide bonds. The van der Waals surface area contributed by atoms with Crippen LogP contribution in [0.2, 0.25) is 0 Å². The van der Waals surface area contributed by atoms with Gasteiger partial charge in [0.05, 0.1) is 6.07 Å². The molecule has 0 saturated carbocycles. The minimum atomic E-state index is -4.25. The molecule has 0 saturated heterocycles. The molecule has 0 fully saturated rings. The van der Waals surface area contributed by atoms with E-state index in [0.29, 0.717) is 0 Å². The van der Waals surface area contributed by atoms with E-state index < -0.39 is 10.1 Å². The van der Waals surface area contributed by atoms with Gasteiger partial charge in [0.1, 0.15) is 10.6 Å². The largest absolute Gasteiger partial charge is 0.501 e. The zero-order chi connectivity index (χ0) is 20.4. The van der Waals surface area contributed by atoms with Crippen molar-refractivity contribution < 1.29 is 17.7 Å². The van der Waals surface area contributed by atoms with Gasteiger partial charge in [-0.2, -0.15) is 8.42 Å². The molecule has 0 aliphatic carbocycles. The van der Waals surface area contributed by atoms with Crippen molar-refractivity contribution in [2.45, 2.75) is 4.90 Å². The minimum Gasteiger partial charge on any atom is -0.501 e. The van der Waals surface area contributed by atoms with Gasteiger partial charge in [0.25, 0.3) is 0 Å². The highest BCUT2D eigenvalue weighted by Crippen LogP contribution is 2.39. The number of fused-ring (bicyclic) bond motifs is 1. The van der Waals surface area contributed by atoms with Gasteiger partial charge in [0.2, 0.25) is 11.1 Å². The van der Waals surface area contributed by atoms with Crippen molar-refractivity contribution >= 4 is 26.6 Å². The van der Waals surface area contributed by atoms with E-state index in [2.05, 4.69) is 4.98 Å². The molecular formula is C22H15N2O4S+. The molecule has 0 radical (unpaired) electrons. The Hall–Kier alpha value is -3.89. The van der Waals surface area contributed by atoms with Crippen LogP contribution in [0.25, 0.3) is 26.9 Å². The van der Waals surface area contributed by atoms with E-state index in [9.17, 15) is 13.5 Å². The highest BCUT2D eigenvalue weighted by atomic mass is 32.2. The molecule has 29 heavy (non-hydrogen) atoms. The number of nitrogens with zero attached hydrogens (tertiary/aromatic N) is 2. The Bertz CT molecular complexity index is 1340. The number of phenolic OH excluding ortho intramolecular Hbond substituents is 1. The van der Waals surface area contributed by atoms with Gasteiger partial charge in [-0.05, 0) is 23.3 Å². The highest BCUT2D eigenvalue weighted by molar-refractivity contribution is 7.87. The molecule has 0 aliphatic heterocycles. The third-order valence-electron chi connectivity index (χ3n) is 4.50. The fourth-order valence-electron chi connectivity index (χ4n) is 3.10. The number of benzene rings is 4. The number of hydrogen-bond acceptors (Lipinski definition) is 5. The summed E-state index contributed by atoms with van der Waals surface area (Å²) in [5, 5.41) is 19.8. The van der Waals surface area contributed by atoms with Crippen molar-refractivity contribution in [1.29, 1.82) is 5.39 Å². The Balaban J connectivity index is 1.73. The Morgan fingerprint density at radius 2 is 1.38 bits per heavy atom. The summed E-state index contributed by atoms with van der Waals surface area (Å²) < 4.78 is 31.1. The van der Waals surface area contributed by atoms with E-state index in [0.717, 1.165) is 17.2 Å². The Kier molecular flexibility index (Phi) is 4.63. The van der Waals surface area contributed by atoms with Gasteiger partial charge in [-0.1, -0.05) is 66.7 Å². The zero-order valence-electron chi connectivity index (χ0n) is 15.1. The number of rotatable bonds is 4. The van der Waals surface area contributed by atoms with Crippen molar-refractivity contribution in [3.05, 3.63) is 89.9 Å². The number of aromatic hydroxyl groups is 1. The maximum Gasteiger partial charge on any atom is 0.428 e. The van der Waals surface area contributed by atoms with Crippen LogP contribution in [-0.4, -0.2) is 13.5 Å². The first-order valence-corrected chi connectivity index (χ1v) is 10.1. The third kappa shape index (κ3) is 3.49. The number of phenols is 1. The summed E-state index contributed by atoms with van der Waals surface area (Å²) in [5.41, 5.74) is 1.66. The lowest BCUT2D eigenvalue weighted by Crippen LogP contribution is -2.10. The molecule has 4 aromatic carbocycles. The van der Waals surface area contributed by atoms with Crippen molar-refractivity contribution in [2.75, 3.05) is 0 Å².